The molecule has 12 rings (SSSR count). The molecule has 524 valence electrons. The number of hydrogen-bond acceptors (Lipinski definition) is 19. The Morgan fingerprint density at radius 3 is 1.38 bits per heavy atom. The summed E-state index contributed by atoms with van der Waals surface area (Å²) in [6, 6.07) is 25.7. The molecule has 3 amide bonds. The van der Waals surface area contributed by atoms with Crippen molar-refractivity contribution in [2.75, 3.05) is 80.4 Å². The van der Waals surface area contributed by atoms with Crippen LogP contribution in [-0.2, 0) is 69.4 Å². The van der Waals surface area contributed by atoms with Crippen LogP contribution < -0.4 is 25.3 Å². The number of nitrogens with two attached hydrogens (primary N) is 1. The minimum atomic E-state index is -0.510. The van der Waals surface area contributed by atoms with E-state index in [1.54, 1.807) is 59.2 Å². The molecule has 0 spiro atoms. The zero-order valence-corrected chi connectivity index (χ0v) is 59.2. The summed E-state index contributed by atoms with van der Waals surface area (Å²) >= 11 is 0. The molecule has 3 aromatic carbocycles. The molecule has 8 aromatic rings. The number of rotatable bonds is 10. The van der Waals surface area contributed by atoms with Gasteiger partial charge in [0.1, 0.15) is 45.7 Å². The van der Waals surface area contributed by atoms with E-state index in [0.717, 1.165) is 83.1 Å². The highest BCUT2D eigenvalue weighted by atomic mass is 16.6. The maximum absolute atomic E-state index is 12.4. The van der Waals surface area contributed by atoms with Gasteiger partial charge in [0.05, 0.1) is 72.6 Å². The van der Waals surface area contributed by atoms with Crippen molar-refractivity contribution in [1.29, 1.82) is 0 Å². The molecule has 0 radical (unpaired) electrons. The van der Waals surface area contributed by atoms with Crippen molar-refractivity contribution in [1.82, 2.24) is 64.2 Å². The van der Waals surface area contributed by atoms with Crippen LogP contribution in [-0.4, -0.2) is 180 Å². The number of anilines is 1. The molecule has 25 nitrogen and oxygen atoms in total. The first-order valence-electron chi connectivity index (χ1n) is 32.9. The van der Waals surface area contributed by atoms with Crippen LogP contribution in [0.25, 0.3) is 22.1 Å². The van der Waals surface area contributed by atoms with Crippen molar-refractivity contribution in [2.45, 2.75) is 144 Å². The normalized spacial score (nSPS) is 15.0. The number of fused-ring (bicyclic) bond motifs is 6. The lowest BCUT2D eigenvalue weighted by atomic mass is 9.99. The Morgan fingerprint density at radius 2 is 0.939 bits per heavy atom. The van der Waals surface area contributed by atoms with Gasteiger partial charge in [0, 0.05) is 101 Å². The number of benzene rings is 3. The van der Waals surface area contributed by atoms with E-state index in [0.29, 0.717) is 83.0 Å². The van der Waals surface area contributed by atoms with Gasteiger partial charge in [-0.05, 0) is 163 Å². The maximum atomic E-state index is 12.4. The number of nitrogen functional groups attached to an aromatic ring is 1. The number of pyridine rings is 2. The number of nitrogens with one attached hydrogen (secondary N) is 1. The number of carbonyl (C=O) groups excluding carboxylic acids is 5. The Hall–Kier alpha value is -10.0. The molecule has 98 heavy (non-hydrogen) atoms. The largest absolute Gasteiger partial charge is 0.497 e. The van der Waals surface area contributed by atoms with Gasteiger partial charge in [-0.2, -0.15) is 15.3 Å². The summed E-state index contributed by atoms with van der Waals surface area (Å²) < 4.78 is 37.1. The standard InChI is InChI=1S/C22H26N4O3.C17H18N4O.C13H22N2O3.C11H13N3O.C10H17NO3/c1-22(2,3)29-21(27)25-10-9-18-16(14-25)11-23-20-19(18)12-24-26(20)13-15-5-7-17(28-4)8-6-15;1-22-14-4-2-12(3-5-14)11-21-17-16(10-20-21)15-6-7-18-8-13(15)9-19-17;1-13(2,3)18-12(17)15-7-6-11(16)10(9-15)8-14(4)5;1-15-10-4-2-9(3-5-10)8-14-11(12)6-7-13-14;1-10(2,3)14-9(13)11-6-4-8(12)5-7-11/h5-8,11-12H,9-10,13-14H2,1-4H3;2-5,9-10,18H,6-8,11H2,1H3;8H,6-7,9H2,1-5H3;2-7H,8,12H2,1H3;4-7H2,1-3H3/b;;10-8+;;. The Labute approximate surface area is 574 Å². The topological polar surface area (TPSA) is 271 Å². The van der Waals surface area contributed by atoms with Crippen molar-refractivity contribution in [2.24, 2.45) is 0 Å². The van der Waals surface area contributed by atoms with Crippen LogP contribution in [0, 0.1) is 0 Å². The van der Waals surface area contributed by atoms with Crippen molar-refractivity contribution in [3.05, 3.63) is 161 Å². The molecule has 3 N–H and O–H groups in total. The molecule has 4 aliphatic heterocycles. The van der Waals surface area contributed by atoms with Gasteiger partial charge in [-0.15, -0.1) is 0 Å². The highest BCUT2D eigenvalue weighted by molar-refractivity contribution is 5.97. The van der Waals surface area contributed by atoms with Crippen molar-refractivity contribution in [3.8, 4) is 17.2 Å². The number of nitrogens with zero attached hydrogens (tertiary/aromatic N) is 12. The molecule has 0 saturated carbocycles. The molecular weight excluding hydrogens is 1250 g/mol. The zero-order chi connectivity index (χ0) is 70.9. The summed E-state index contributed by atoms with van der Waals surface area (Å²) in [5, 5.41) is 18.8. The molecule has 2 fully saturated rings. The molecule has 0 unspecified atom stereocenters. The van der Waals surface area contributed by atoms with Crippen LogP contribution in [0.3, 0.4) is 0 Å². The number of ketones is 2. The fourth-order valence-corrected chi connectivity index (χ4v) is 10.9. The molecule has 4 aliphatic rings. The summed E-state index contributed by atoms with van der Waals surface area (Å²) in [4.78, 5) is 74.4. The maximum Gasteiger partial charge on any atom is 0.410 e. The highest BCUT2D eigenvalue weighted by Gasteiger charge is 2.31. The van der Waals surface area contributed by atoms with Gasteiger partial charge in [-0.1, -0.05) is 36.4 Å². The summed E-state index contributed by atoms with van der Waals surface area (Å²) in [5.41, 5.74) is 15.2. The third kappa shape index (κ3) is 21.5. The summed E-state index contributed by atoms with van der Waals surface area (Å²) in [6.07, 6.45) is 13.3. The molecule has 25 heteroatoms. The van der Waals surface area contributed by atoms with Crippen molar-refractivity contribution in [3.63, 3.8) is 0 Å². The number of Topliss-reactive ketones (excluding diaryl/α,β-unsaturated/α-hetero) is 2. The lowest BCUT2D eigenvalue weighted by Gasteiger charge is -2.31. The first-order chi connectivity index (χ1) is 46.5. The summed E-state index contributed by atoms with van der Waals surface area (Å²) in [7, 11) is 8.70. The third-order valence-electron chi connectivity index (χ3n) is 15.8. The van der Waals surface area contributed by atoms with Crippen LogP contribution in [0.2, 0.25) is 0 Å². The van der Waals surface area contributed by atoms with Crippen LogP contribution in [0.1, 0.15) is 121 Å². The quantitative estimate of drug-likeness (QED) is 0.0951. The van der Waals surface area contributed by atoms with Gasteiger partial charge in [0.2, 0.25) is 0 Å². The van der Waals surface area contributed by atoms with E-state index in [4.69, 9.17) is 34.2 Å². The zero-order valence-electron chi connectivity index (χ0n) is 59.2. The second-order valence-corrected chi connectivity index (χ2v) is 27.3. The van der Waals surface area contributed by atoms with E-state index >= 15 is 0 Å². The number of likely N-dealkylation sites (tertiary alicyclic amines) is 2. The van der Waals surface area contributed by atoms with Gasteiger partial charge < -0.3 is 59.1 Å². The number of methoxy groups -OCH3 is 3. The molecular formula is C73H96N14O11. The monoisotopic (exact) mass is 1340 g/mol. The predicted molar refractivity (Wildman–Crippen MR) is 375 cm³/mol. The first-order valence-corrected chi connectivity index (χ1v) is 32.9. The van der Waals surface area contributed by atoms with E-state index in [2.05, 4.69) is 42.7 Å². The van der Waals surface area contributed by atoms with Gasteiger partial charge in [-0.3, -0.25) is 9.59 Å². The van der Waals surface area contributed by atoms with Crippen molar-refractivity contribution < 1.29 is 52.4 Å². The van der Waals surface area contributed by atoms with Gasteiger partial charge in [0.15, 0.2) is 17.1 Å². The number of piperidine rings is 2. The SMILES string of the molecule is CC(C)(C)OC(=O)N1CCC(=O)CC1.CN(C)/C=C1\CN(C(=O)OC(C)(C)C)CCC1=O.COc1ccc(Cn2ncc3c4c(cnc32)CN(C(=O)OC(C)(C)C)CC4)cc1.COc1ccc(Cn2ncc3c4c(cnc32)CNCC4)cc1.COc1ccc(Cn2nccc2N)cc1. The molecule has 5 aromatic heterocycles. The minimum Gasteiger partial charge on any atom is -0.497 e. The van der Waals surface area contributed by atoms with E-state index in [1.165, 1.54) is 27.6 Å². The molecule has 0 atom stereocenters. The average Bonchev–Trinajstić information content (AvgIpc) is 1.60. The lowest BCUT2D eigenvalue weighted by molar-refractivity contribution is -0.121. The van der Waals surface area contributed by atoms with Gasteiger partial charge >= 0.3 is 18.3 Å². The van der Waals surface area contributed by atoms with Crippen molar-refractivity contribution >= 4 is 57.7 Å². The van der Waals surface area contributed by atoms with Gasteiger partial charge in [0.25, 0.3) is 0 Å². The second-order valence-electron chi connectivity index (χ2n) is 27.3. The summed E-state index contributed by atoms with van der Waals surface area (Å²) in [5.74, 6) is 3.56. The van der Waals surface area contributed by atoms with Gasteiger partial charge in [-0.25, -0.2) is 38.4 Å². The molecule has 9 heterocycles. The Morgan fingerprint density at radius 1 is 0.520 bits per heavy atom. The number of amides is 3. The Bertz CT molecular complexity index is 4020. The minimum absolute atomic E-state index is 0.100. The Kier molecular flexibility index (Phi) is 25.0. The molecule has 0 bridgehead atoms. The van der Waals surface area contributed by atoms with Crippen LogP contribution in [0.15, 0.2) is 122 Å². The fourth-order valence-electron chi connectivity index (χ4n) is 10.9. The number of hydrogen-bond donors (Lipinski definition) is 2. The lowest BCUT2D eigenvalue weighted by Crippen LogP contribution is -2.43. The number of ether oxygens (including phenoxy) is 6. The smallest absolute Gasteiger partial charge is 0.410 e. The third-order valence-corrected chi connectivity index (χ3v) is 15.8. The highest BCUT2D eigenvalue weighted by Crippen LogP contribution is 2.29. The number of aromatic nitrogens is 8. The second kappa shape index (κ2) is 33.3. The Balaban J connectivity index is 0.000000161. The fraction of sp³-hybridized carbons (Fsp3) is 0.452. The van der Waals surface area contributed by atoms with E-state index < -0.39 is 16.8 Å². The van der Waals surface area contributed by atoms with Crippen LogP contribution in [0.5, 0.6) is 17.2 Å². The van der Waals surface area contributed by atoms with Crippen LogP contribution in [0.4, 0.5) is 20.2 Å². The first kappa shape index (κ1) is 73.8. The summed E-state index contributed by atoms with van der Waals surface area (Å²) in [6.45, 7) is 23.5. The van der Waals surface area contributed by atoms with E-state index in [1.807, 2.05) is 176 Å². The van der Waals surface area contributed by atoms with E-state index in [9.17, 15) is 24.0 Å². The average molecular weight is 1350 g/mol. The van der Waals surface area contributed by atoms with Crippen LogP contribution >= 0.6 is 0 Å². The molecule has 0 aliphatic carbocycles. The predicted octanol–water partition coefficient (Wildman–Crippen LogP) is 10.7. The number of carbonyl (C=O) groups is 5. The van der Waals surface area contributed by atoms with E-state index in [-0.39, 0.29) is 29.8 Å². The molecule has 2 saturated heterocycles.